The van der Waals surface area contributed by atoms with Gasteiger partial charge in [0.1, 0.15) is 0 Å². The Kier molecular flexibility index (Phi) is 4.13. The van der Waals surface area contributed by atoms with Gasteiger partial charge in [-0.15, -0.1) is 0 Å². The van der Waals surface area contributed by atoms with Crippen molar-refractivity contribution in [1.29, 1.82) is 0 Å². The minimum Gasteiger partial charge on any atom is -0.380 e. The van der Waals surface area contributed by atoms with Gasteiger partial charge in [-0.2, -0.15) is 0 Å². The van der Waals surface area contributed by atoms with Crippen molar-refractivity contribution in [3.05, 3.63) is 24.3 Å². The van der Waals surface area contributed by atoms with E-state index in [1.807, 2.05) is 13.8 Å². The molecule has 0 spiro atoms. The van der Waals surface area contributed by atoms with Crippen molar-refractivity contribution >= 4 is 15.7 Å². The van der Waals surface area contributed by atoms with Crippen molar-refractivity contribution in [3.63, 3.8) is 0 Å². The van der Waals surface area contributed by atoms with E-state index in [0.717, 1.165) is 12.1 Å². The number of nitrogens with two attached hydrogens (primary N) is 2. The summed E-state index contributed by atoms with van der Waals surface area (Å²) in [5.74, 6) is 0. The molecule has 1 aromatic carbocycles. The maximum Gasteiger partial charge on any atom is 0.238 e. The molecule has 0 bridgehead atoms. The number of hydrogen-bond acceptors (Lipinski definition) is 4. The van der Waals surface area contributed by atoms with Crippen molar-refractivity contribution in [1.82, 2.24) is 0 Å². The first-order chi connectivity index (χ1) is 7.74. The normalized spacial score (nSPS) is 12.5. The molecule has 0 saturated carbocycles. The van der Waals surface area contributed by atoms with Crippen LogP contribution in [0.2, 0.25) is 0 Å². The maximum absolute atomic E-state index is 11.1. The molecule has 0 aliphatic heterocycles. The van der Waals surface area contributed by atoms with Crippen LogP contribution in [-0.4, -0.2) is 20.5 Å². The number of rotatable bonds is 5. The molecular weight excluding hydrogens is 238 g/mol. The molecule has 0 aliphatic carbocycles. The Bertz CT molecular complexity index is 466. The van der Waals surface area contributed by atoms with Crippen molar-refractivity contribution < 1.29 is 8.42 Å². The molecule has 0 amide bonds. The summed E-state index contributed by atoms with van der Waals surface area (Å²) in [6, 6.07) is 6.35. The summed E-state index contributed by atoms with van der Waals surface area (Å²) in [6.45, 7) is 4.66. The van der Waals surface area contributed by atoms with Crippen LogP contribution in [0.4, 0.5) is 5.69 Å². The molecule has 96 valence electrons. The average molecular weight is 257 g/mol. The second kappa shape index (κ2) is 5.03. The molecule has 17 heavy (non-hydrogen) atoms. The molecule has 0 aliphatic rings. The lowest BCUT2D eigenvalue weighted by Crippen LogP contribution is -2.33. The van der Waals surface area contributed by atoms with E-state index < -0.39 is 10.0 Å². The Hall–Kier alpha value is -1.11. The Labute approximate surface area is 102 Å². The van der Waals surface area contributed by atoms with Crippen molar-refractivity contribution in [2.45, 2.75) is 30.7 Å². The molecule has 0 atom stereocenters. The van der Waals surface area contributed by atoms with Crippen LogP contribution < -0.4 is 16.2 Å². The lowest BCUT2D eigenvalue weighted by molar-refractivity contribution is 0.526. The van der Waals surface area contributed by atoms with Crippen LogP contribution in [0, 0.1) is 0 Å². The van der Waals surface area contributed by atoms with Gasteiger partial charge in [0, 0.05) is 11.2 Å². The molecule has 5 nitrogen and oxygen atoms in total. The molecule has 6 heteroatoms. The van der Waals surface area contributed by atoms with E-state index in [2.05, 4.69) is 5.32 Å². The standard InChI is InChI=1S/C11H19N3O2S/c1-11(2,7-8-12)14-9-3-5-10(6-4-9)17(13,15)16/h3-6,14H,7-8,12H2,1-2H3,(H2,13,15,16). The predicted octanol–water partition coefficient (Wildman–Crippen LogP) is 0.873. The van der Waals surface area contributed by atoms with Crippen LogP contribution in [0.3, 0.4) is 0 Å². The van der Waals surface area contributed by atoms with Crippen molar-refractivity contribution in [3.8, 4) is 0 Å². The Morgan fingerprint density at radius 1 is 1.24 bits per heavy atom. The Balaban J connectivity index is 2.82. The summed E-state index contributed by atoms with van der Waals surface area (Å²) in [5, 5.41) is 8.30. The average Bonchev–Trinajstić information content (AvgIpc) is 2.16. The van der Waals surface area contributed by atoms with E-state index in [1.54, 1.807) is 12.1 Å². The van der Waals surface area contributed by atoms with Gasteiger partial charge in [-0.3, -0.25) is 0 Å². The molecule has 0 radical (unpaired) electrons. The van der Waals surface area contributed by atoms with Crippen LogP contribution in [0.5, 0.6) is 0 Å². The molecule has 5 N–H and O–H groups in total. The minimum absolute atomic E-state index is 0.111. The first-order valence-corrected chi connectivity index (χ1v) is 6.90. The van der Waals surface area contributed by atoms with Gasteiger partial charge >= 0.3 is 0 Å². The number of sulfonamides is 1. The smallest absolute Gasteiger partial charge is 0.238 e. The largest absolute Gasteiger partial charge is 0.380 e. The highest BCUT2D eigenvalue weighted by molar-refractivity contribution is 7.89. The zero-order chi connectivity index (χ0) is 13.1. The van der Waals surface area contributed by atoms with Gasteiger partial charge in [0.2, 0.25) is 10.0 Å². The van der Waals surface area contributed by atoms with Crippen molar-refractivity contribution in [2.75, 3.05) is 11.9 Å². The molecule has 1 rings (SSSR count). The highest BCUT2D eigenvalue weighted by Crippen LogP contribution is 2.19. The van der Waals surface area contributed by atoms with Crippen LogP contribution in [-0.2, 0) is 10.0 Å². The first-order valence-electron chi connectivity index (χ1n) is 5.36. The quantitative estimate of drug-likeness (QED) is 0.729. The van der Waals surface area contributed by atoms with E-state index in [-0.39, 0.29) is 10.4 Å². The fourth-order valence-corrected chi connectivity index (χ4v) is 2.06. The molecule has 0 heterocycles. The van der Waals surface area contributed by atoms with E-state index in [4.69, 9.17) is 10.9 Å². The van der Waals surface area contributed by atoms with E-state index in [1.165, 1.54) is 12.1 Å². The van der Waals surface area contributed by atoms with E-state index >= 15 is 0 Å². The number of benzene rings is 1. The van der Waals surface area contributed by atoms with Gasteiger partial charge in [-0.05, 0) is 51.1 Å². The predicted molar refractivity (Wildman–Crippen MR) is 69.2 cm³/mol. The third-order valence-electron chi connectivity index (χ3n) is 2.43. The monoisotopic (exact) mass is 257 g/mol. The second-order valence-corrected chi connectivity index (χ2v) is 6.18. The van der Waals surface area contributed by atoms with Gasteiger partial charge in [0.25, 0.3) is 0 Å². The number of hydrogen-bond donors (Lipinski definition) is 3. The fraction of sp³-hybridized carbons (Fsp3) is 0.455. The summed E-state index contributed by atoms with van der Waals surface area (Å²) < 4.78 is 22.1. The SMILES string of the molecule is CC(C)(CCN)Nc1ccc(S(N)(=O)=O)cc1. The van der Waals surface area contributed by atoms with Crippen LogP contribution in [0.25, 0.3) is 0 Å². The van der Waals surface area contributed by atoms with Crippen molar-refractivity contribution in [2.24, 2.45) is 10.9 Å². The van der Waals surface area contributed by atoms with E-state index in [9.17, 15) is 8.42 Å². The van der Waals surface area contributed by atoms with Crippen LogP contribution >= 0.6 is 0 Å². The summed E-state index contributed by atoms with van der Waals surface area (Å²) in [4.78, 5) is 0.111. The lowest BCUT2D eigenvalue weighted by atomic mass is 10.0. The van der Waals surface area contributed by atoms with Crippen LogP contribution in [0.1, 0.15) is 20.3 Å². The van der Waals surface area contributed by atoms with Gasteiger partial charge < -0.3 is 11.1 Å². The molecule has 0 saturated heterocycles. The fourth-order valence-electron chi connectivity index (χ4n) is 1.54. The molecule has 0 fully saturated rings. The zero-order valence-corrected chi connectivity index (χ0v) is 10.9. The van der Waals surface area contributed by atoms with Gasteiger partial charge in [-0.25, -0.2) is 13.6 Å². The van der Waals surface area contributed by atoms with Gasteiger partial charge in [-0.1, -0.05) is 0 Å². The highest BCUT2D eigenvalue weighted by atomic mass is 32.2. The number of anilines is 1. The third-order valence-corrected chi connectivity index (χ3v) is 3.36. The second-order valence-electron chi connectivity index (χ2n) is 4.62. The number of primary sulfonamides is 1. The minimum atomic E-state index is -3.62. The van der Waals surface area contributed by atoms with Gasteiger partial charge in [0.15, 0.2) is 0 Å². The summed E-state index contributed by atoms with van der Waals surface area (Å²) in [5.41, 5.74) is 6.23. The summed E-state index contributed by atoms with van der Waals surface area (Å²) in [6.07, 6.45) is 0.823. The Morgan fingerprint density at radius 3 is 2.18 bits per heavy atom. The number of nitrogens with one attached hydrogen (secondary N) is 1. The molecule has 1 aromatic rings. The molecule has 0 unspecified atom stereocenters. The summed E-state index contributed by atoms with van der Waals surface area (Å²) in [7, 11) is -3.62. The maximum atomic E-state index is 11.1. The topological polar surface area (TPSA) is 98.2 Å². The molecule has 0 aromatic heterocycles. The highest BCUT2D eigenvalue weighted by Gasteiger charge is 2.16. The van der Waals surface area contributed by atoms with E-state index in [0.29, 0.717) is 6.54 Å². The lowest BCUT2D eigenvalue weighted by Gasteiger charge is -2.27. The Morgan fingerprint density at radius 2 is 1.76 bits per heavy atom. The first kappa shape index (κ1) is 14.0. The van der Waals surface area contributed by atoms with Gasteiger partial charge in [0.05, 0.1) is 4.90 Å². The zero-order valence-electron chi connectivity index (χ0n) is 10.1. The summed E-state index contributed by atoms with van der Waals surface area (Å²) >= 11 is 0. The third kappa shape index (κ3) is 4.33. The van der Waals surface area contributed by atoms with Crippen LogP contribution in [0.15, 0.2) is 29.2 Å². The molecular formula is C11H19N3O2S.